The van der Waals surface area contributed by atoms with Gasteiger partial charge in [-0.1, -0.05) is 13.8 Å². The molecule has 0 spiro atoms. The third kappa shape index (κ3) is 4.83. The van der Waals surface area contributed by atoms with E-state index in [2.05, 4.69) is 5.32 Å². The van der Waals surface area contributed by atoms with Gasteiger partial charge in [-0.2, -0.15) is 0 Å². The number of hydrogen-bond donors (Lipinski definition) is 2. The van der Waals surface area contributed by atoms with Crippen molar-refractivity contribution in [1.82, 2.24) is 5.32 Å². The fraction of sp³-hybridized carbons (Fsp3) is 0.889. The van der Waals surface area contributed by atoms with Crippen LogP contribution < -0.4 is 5.32 Å². The molecule has 78 valence electrons. The minimum Gasteiger partial charge on any atom is -0.387 e. The third-order valence-electron chi connectivity index (χ3n) is 1.75. The summed E-state index contributed by atoms with van der Waals surface area (Å²) in [6.45, 7) is 6.07. The van der Waals surface area contributed by atoms with Crippen molar-refractivity contribution in [3.8, 4) is 0 Å². The van der Waals surface area contributed by atoms with Crippen molar-refractivity contribution in [1.29, 1.82) is 0 Å². The first-order valence-corrected chi connectivity index (χ1v) is 4.39. The van der Waals surface area contributed by atoms with E-state index in [1.165, 1.54) is 13.8 Å². The standard InChI is InChI=1S/C9H18FNO2/c1-6(2)8(12)11-5-7(10)9(3,4)13/h6-7,13H,5H2,1-4H3,(H,11,12)/t7-/m1/s1. The highest BCUT2D eigenvalue weighted by atomic mass is 19.1. The molecule has 13 heavy (non-hydrogen) atoms. The Morgan fingerprint density at radius 1 is 1.54 bits per heavy atom. The first kappa shape index (κ1) is 12.4. The summed E-state index contributed by atoms with van der Waals surface area (Å²) in [5.74, 6) is -0.360. The van der Waals surface area contributed by atoms with E-state index in [1.54, 1.807) is 13.8 Å². The molecule has 0 saturated carbocycles. The second-order valence-electron chi connectivity index (χ2n) is 4.02. The van der Waals surface area contributed by atoms with Crippen molar-refractivity contribution in [2.75, 3.05) is 6.54 Å². The lowest BCUT2D eigenvalue weighted by Gasteiger charge is -2.22. The highest BCUT2D eigenvalue weighted by Crippen LogP contribution is 2.11. The van der Waals surface area contributed by atoms with Crippen LogP contribution in [-0.4, -0.2) is 29.3 Å². The lowest BCUT2D eigenvalue weighted by Crippen LogP contribution is -2.43. The van der Waals surface area contributed by atoms with Crippen LogP contribution in [0, 0.1) is 5.92 Å². The summed E-state index contributed by atoms with van der Waals surface area (Å²) in [5.41, 5.74) is -1.40. The fourth-order valence-corrected chi connectivity index (χ4v) is 0.644. The van der Waals surface area contributed by atoms with E-state index in [-0.39, 0.29) is 18.4 Å². The number of carbonyl (C=O) groups excluding carboxylic acids is 1. The summed E-state index contributed by atoms with van der Waals surface area (Å²) in [6.07, 6.45) is -1.43. The van der Waals surface area contributed by atoms with E-state index in [0.29, 0.717) is 0 Å². The molecular weight excluding hydrogens is 173 g/mol. The Morgan fingerprint density at radius 3 is 2.31 bits per heavy atom. The molecule has 1 atom stereocenters. The zero-order valence-electron chi connectivity index (χ0n) is 8.60. The normalized spacial score (nSPS) is 14.4. The number of rotatable bonds is 4. The van der Waals surface area contributed by atoms with Crippen LogP contribution >= 0.6 is 0 Å². The van der Waals surface area contributed by atoms with Gasteiger partial charge in [-0.15, -0.1) is 0 Å². The Bertz CT molecular complexity index is 175. The molecule has 2 N–H and O–H groups in total. The van der Waals surface area contributed by atoms with Crippen LogP contribution in [0.1, 0.15) is 27.7 Å². The largest absolute Gasteiger partial charge is 0.387 e. The van der Waals surface area contributed by atoms with Gasteiger partial charge in [0, 0.05) is 5.92 Å². The van der Waals surface area contributed by atoms with E-state index >= 15 is 0 Å². The molecule has 0 aromatic carbocycles. The predicted octanol–water partition coefficient (Wildman–Crippen LogP) is 0.868. The van der Waals surface area contributed by atoms with E-state index in [9.17, 15) is 14.3 Å². The molecule has 0 aliphatic carbocycles. The van der Waals surface area contributed by atoms with E-state index in [4.69, 9.17) is 0 Å². The fourth-order valence-electron chi connectivity index (χ4n) is 0.644. The highest BCUT2D eigenvalue weighted by molar-refractivity contribution is 5.77. The summed E-state index contributed by atoms with van der Waals surface area (Å²) in [5, 5.41) is 11.6. The first-order chi connectivity index (χ1) is 5.75. The van der Waals surface area contributed by atoms with Crippen molar-refractivity contribution < 1.29 is 14.3 Å². The number of carbonyl (C=O) groups is 1. The van der Waals surface area contributed by atoms with Crippen LogP contribution in [0.5, 0.6) is 0 Å². The van der Waals surface area contributed by atoms with Gasteiger partial charge in [0.1, 0.15) is 6.17 Å². The number of amides is 1. The lowest BCUT2D eigenvalue weighted by molar-refractivity contribution is -0.124. The molecule has 0 bridgehead atoms. The van der Waals surface area contributed by atoms with Gasteiger partial charge in [-0.3, -0.25) is 4.79 Å². The quantitative estimate of drug-likeness (QED) is 0.692. The molecular formula is C9H18FNO2. The van der Waals surface area contributed by atoms with Gasteiger partial charge in [-0.25, -0.2) is 4.39 Å². The molecule has 0 aromatic heterocycles. The zero-order valence-corrected chi connectivity index (χ0v) is 8.60. The minimum atomic E-state index is -1.43. The van der Waals surface area contributed by atoms with Gasteiger partial charge in [0.25, 0.3) is 0 Å². The van der Waals surface area contributed by atoms with Crippen LogP contribution in [0.3, 0.4) is 0 Å². The molecule has 0 rings (SSSR count). The monoisotopic (exact) mass is 191 g/mol. The second kappa shape index (κ2) is 4.56. The molecule has 0 fully saturated rings. The molecule has 4 heteroatoms. The van der Waals surface area contributed by atoms with Crippen LogP contribution in [-0.2, 0) is 4.79 Å². The summed E-state index contributed by atoms with van der Waals surface area (Å²) < 4.78 is 13.1. The molecule has 0 saturated heterocycles. The lowest BCUT2D eigenvalue weighted by atomic mass is 10.0. The van der Waals surface area contributed by atoms with E-state index in [0.717, 1.165) is 0 Å². The molecule has 0 aliphatic heterocycles. The van der Waals surface area contributed by atoms with Crippen molar-refractivity contribution >= 4 is 5.91 Å². The maximum absolute atomic E-state index is 13.1. The van der Waals surface area contributed by atoms with Gasteiger partial charge >= 0.3 is 0 Å². The van der Waals surface area contributed by atoms with Gasteiger partial charge < -0.3 is 10.4 Å². The second-order valence-corrected chi connectivity index (χ2v) is 4.02. The summed E-state index contributed by atoms with van der Waals surface area (Å²) in [4.78, 5) is 11.0. The number of hydrogen-bond acceptors (Lipinski definition) is 2. The molecule has 0 heterocycles. The third-order valence-corrected chi connectivity index (χ3v) is 1.75. The Hall–Kier alpha value is -0.640. The SMILES string of the molecule is CC(C)C(=O)NC[C@@H](F)C(C)(C)O. The van der Waals surface area contributed by atoms with Crippen LogP contribution in [0.2, 0.25) is 0 Å². The smallest absolute Gasteiger partial charge is 0.222 e. The molecule has 1 amide bonds. The zero-order chi connectivity index (χ0) is 10.6. The average Bonchev–Trinajstić information content (AvgIpc) is 1.97. The molecule has 0 radical (unpaired) electrons. The molecule has 0 unspecified atom stereocenters. The van der Waals surface area contributed by atoms with Crippen molar-refractivity contribution in [2.45, 2.75) is 39.5 Å². The minimum absolute atomic E-state index is 0.138. The average molecular weight is 191 g/mol. The van der Waals surface area contributed by atoms with Gasteiger partial charge in [-0.05, 0) is 13.8 Å². The Labute approximate surface area is 78.3 Å². The van der Waals surface area contributed by atoms with Crippen LogP contribution in [0.15, 0.2) is 0 Å². The number of nitrogens with one attached hydrogen (secondary N) is 1. The maximum atomic E-state index is 13.1. The van der Waals surface area contributed by atoms with Crippen molar-refractivity contribution in [3.63, 3.8) is 0 Å². The summed E-state index contributed by atoms with van der Waals surface area (Å²) in [6, 6.07) is 0. The molecule has 3 nitrogen and oxygen atoms in total. The molecule has 0 aliphatic rings. The van der Waals surface area contributed by atoms with Gasteiger partial charge in [0.15, 0.2) is 0 Å². The van der Waals surface area contributed by atoms with Crippen LogP contribution in [0.25, 0.3) is 0 Å². The number of halogens is 1. The molecule has 0 aromatic rings. The van der Waals surface area contributed by atoms with E-state index in [1.807, 2.05) is 0 Å². The van der Waals surface area contributed by atoms with Gasteiger partial charge in [0.2, 0.25) is 5.91 Å². The summed E-state index contributed by atoms with van der Waals surface area (Å²) in [7, 11) is 0. The topological polar surface area (TPSA) is 49.3 Å². The van der Waals surface area contributed by atoms with E-state index < -0.39 is 11.8 Å². The Kier molecular flexibility index (Phi) is 4.33. The maximum Gasteiger partial charge on any atom is 0.222 e. The van der Waals surface area contributed by atoms with Gasteiger partial charge in [0.05, 0.1) is 12.1 Å². The van der Waals surface area contributed by atoms with Crippen molar-refractivity contribution in [2.24, 2.45) is 5.92 Å². The Morgan fingerprint density at radius 2 is 2.00 bits per heavy atom. The number of alkyl halides is 1. The highest BCUT2D eigenvalue weighted by Gasteiger charge is 2.26. The Balaban J connectivity index is 3.84. The van der Waals surface area contributed by atoms with Crippen molar-refractivity contribution in [3.05, 3.63) is 0 Å². The predicted molar refractivity (Wildman–Crippen MR) is 49.0 cm³/mol. The first-order valence-electron chi connectivity index (χ1n) is 4.39. The van der Waals surface area contributed by atoms with Crippen LogP contribution in [0.4, 0.5) is 4.39 Å². The number of aliphatic hydroxyl groups is 1. The summed E-state index contributed by atoms with van der Waals surface area (Å²) >= 11 is 0.